The molecule has 2 aromatic rings. The van der Waals surface area contributed by atoms with Crippen molar-refractivity contribution < 1.29 is 9.59 Å². The summed E-state index contributed by atoms with van der Waals surface area (Å²) in [5.41, 5.74) is 8.39. The summed E-state index contributed by atoms with van der Waals surface area (Å²) in [6, 6.07) is 14.5. The normalized spacial score (nSPS) is 14.1. The van der Waals surface area contributed by atoms with Gasteiger partial charge in [0.1, 0.15) is 0 Å². The van der Waals surface area contributed by atoms with Crippen molar-refractivity contribution in [3.63, 3.8) is 0 Å². The third-order valence-electron chi connectivity index (χ3n) is 4.80. The number of rotatable bonds is 5. The lowest BCUT2D eigenvalue weighted by Gasteiger charge is -2.22. The Balaban J connectivity index is 0.00000261. The first-order valence-electron chi connectivity index (χ1n) is 9.17. The van der Waals surface area contributed by atoms with E-state index in [-0.39, 0.29) is 30.3 Å². The first-order valence-corrected chi connectivity index (χ1v) is 9.17. The van der Waals surface area contributed by atoms with Crippen molar-refractivity contribution in [3.05, 3.63) is 65.2 Å². The second-order valence-corrected chi connectivity index (χ2v) is 6.74. The Labute approximate surface area is 166 Å². The highest BCUT2D eigenvalue weighted by atomic mass is 35.5. The average molecular weight is 388 g/mol. The van der Waals surface area contributed by atoms with Gasteiger partial charge in [-0.3, -0.25) is 9.59 Å². The summed E-state index contributed by atoms with van der Waals surface area (Å²) in [4.78, 5) is 24.6. The van der Waals surface area contributed by atoms with Crippen LogP contribution in [0.4, 0.5) is 5.69 Å². The van der Waals surface area contributed by atoms with Crippen LogP contribution in [0.25, 0.3) is 0 Å². The molecule has 0 heterocycles. The first-order chi connectivity index (χ1) is 12.7. The Kier molecular flexibility index (Phi) is 7.82. The van der Waals surface area contributed by atoms with Crippen molar-refractivity contribution >= 4 is 29.9 Å². The fourth-order valence-corrected chi connectivity index (χ4v) is 3.22. The smallest absolute Gasteiger partial charge is 0.255 e. The largest absolute Gasteiger partial charge is 0.349 e. The summed E-state index contributed by atoms with van der Waals surface area (Å²) in [5.74, 6) is -0.236. The van der Waals surface area contributed by atoms with E-state index in [0.29, 0.717) is 23.4 Å². The number of hydrogen-bond donors (Lipinski definition) is 3. The Morgan fingerprint density at radius 2 is 1.41 bits per heavy atom. The van der Waals surface area contributed by atoms with E-state index >= 15 is 0 Å². The van der Waals surface area contributed by atoms with E-state index in [1.54, 1.807) is 36.4 Å². The molecule has 3 rings (SSSR count). The van der Waals surface area contributed by atoms with Crippen molar-refractivity contribution in [1.29, 1.82) is 0 Å². The highest BCUT2D eigenvalue weighted by molar-refractivity contribution is 6.04. The highest BCUT2D eigenvalue weighted by Gasteiger charge is 2.16. The predicted molar refractivity (Wildman–Crippen MR) is 110 cm³/mol. The van der Waals surface area contributed by atoms with Crippen molar-refractivity contribution in [3.8, 4) is 0 Å². The van der Waals surface area contributed by atoms with Gasteiger partial charge in [-0.2, -0.15) is 0 Å². The second kappa shape index (κ2) is 10.1. The molecule has 4 N–H and O–H groups in total. The second-order valence-electron chi connectivity index (χ2n) is 6.74. The van der Waals surface area contributed by atoms with Gasteiger partial charge in [0.15, 0.2) is 0 Å². The Morgan fingerprint density at radius 1 is 0.852 bits per heavy atom. The van der Waals surface area contributed by atoms with Gasteiger partial charge < -0.3 is 16.4 Å². The molecule has 1 fully saturated rings. The molecule has 1 aliphatic rings. The number of nitrogens with one attached hydrogen (secondary N) is 2. The van der Waals surface area contributed by atoms with Gasteiger partial charge in [0.05, 0.1) is 0 Å². The van der Waals surface area contributed by atoms with Crippen molar-refractivity contribution in [1.82, 2.24) is 5.32 Å². The molecule has 1 aliphatic carbocycles. The van der Waals surface area contributed by atoms with Crippen molar-refractivity contribution in [2.75, 3.05) is 5.32 Å². The molecular weight excluding hydrogens is 362 g/mol. The molecule has 0 bridgehead atoms. The molecule has 5 nitrogen and oxygen atoms in total. The molecule has 0 unspecified atom stereocenters. The molecule has 0 saturated heterocycles. The molecule has 2 aromatic carbocycles. The maximum Gasteiger partial charge on any atom is 0.255 e. The van der Waals surface area contributed by atoms with Crippen molar-refractivity contribution in [2.24, 2.45) is 5.73 Å². The van der Waals surface area contributed by atoms with Crippen LogP contribution >= 0.6 is 12.4 Å². The fraction of sp³-hybridized carbons (Fsp3) is 0.333. The predicted octanol–water partition coefficient (Wildman–Crippen LogP) is 3.88. The topological polar surface area (TPSA) is 84.2 Å². The van der Waals surface area contributed by atoms with Gasteiger partial charge in [0.2, 0.25) is 0 Å². The third-order valence-corrected chi connectivity index (χ3v) is 4.80. The van der Waals surface area contributed by atoms with Gasteiger partial charge in [-0.05, 0) is 54.8 Å². The number of amides is 2. The molecule has 6 heteroatoms. The minimum Gasteiger partial charge on any atom is -0.349 e. The number of benzene rings is 2. The molecule has 0 spiro atoms. The summed E-state index contributed by atoms with van der Waals surface area (Å²) in [6.45, 7) is 0.451. The molecule has 1 saturated carbocycles. The summed E-state index contributed by atoms with van der Waals surface area (Å²) in [5, 5.41) is 5.94. The number of carbonyl (C=O) groups is 2. The zero-order chi connectivity index (χ0) is 18.4. The van der Waals surface area contributed by atoms with Gasteiger partial charge in [-0.25, -0.2) is 0 Å². The molecule has 27 heavy (non-hydrogen) atoms. The van der Waals surface area contributed by atoms with Crippen LogP contribution in [0.1, 0.15) is 58.4 Å². The van der Waals surface area contributed by atoms with Crippen LogP contribution in [0.15, 0.2) is 48.5 Å². The minimum absolute atomic E-state index is 0. The van der Waals surface area contributed by atoms with E-state index in [4.69, 9.17) is 5.73 Å². The standard InChI is InChI=1S/C21H25N3O2.ClH/c22-14-15-6-8-16(9-7-15)20(25)24-19-12-10-17(11-13-19)21(26)23-18-4-2-1-3-5-18;/h6-13,18H,1-5,14,22H2,(H,23,26)(H,24,25);1H. The number of anilines is 1. The minimum atomic E-state index is -0.187. The average Bonchev–Trinajstić information content (AvgIpc) is 2.69. The third kappa shape index (κ3) is 5.81. The maximum absolute atomic E-state index is 12.3. The van der Waals surface area contributed by atoms with E-state index < -0.39 is 0 Å². The van der Waals surface area contributed by atoms with E-state index in [9.17, 15) is 9.59 Å². The zero-order valence-corrected chi connectivity index (χ0v) is 16.1. The molecule has 144 valence electrons. The molecule has 0 aromatic heterocycles. The number of carbonyl (C=O) groups excluding carboxylic acids is 2. The van der Waals surface area contributed by atoms with E-state index in [1.807, 2.05) is 12.1 Å². The molecular formula is C21H26ClN3O2. The lowest BCUT2D eigenvalue weighted by Crippen LogP contribution is -2.36. The van der Waals surface area contributed by atoms with Crippen LogP contribution in [0, 0.1) is 0 Å². The maximum atomic E-state index is 12.3. The fourth-order valence-electron chi connectivity index (χ4n) is 3.22. The highest BCUT2D eigenvalue weighted by Crippen LogP contribution is 2.18. The number of hydrogen-bond acceptors (Lipinski definition) is 3. The van der Waals surface area contributed by atoms with Crippen LogP contribution < -0.4 is 16.4 Å². The lowest BCUT2D eigenvalue weighted by atomic mass is 9.95. The van der Waals surface area contributed by atoms with Gasteiger partial charge in [0.25, 0.3) is 11.8 Å². The van der Waals surface area contributed by atoms with Gasteiger partial charge in [-0.15, -0.1) is 12.4 Å². The summed E-state index contributed by atoms with van der Waals surface area (Å²) < 4.78 is 0. The quantitative estimate of drug-likeness (QED) is 0.727. The van der Waals surface area contributed by atoms with Crippen LogP contribution in [-0.2, 0) is 6.54 Å². The first kappa shape index (κ1) is 20.9. The van der Waals surface area contributed by atoms with Crippen LogP contribution in [-0.4, -0.2) is 17.9 Å². The molecule has 2 amide bonds. The Morgan fingerprint density at radius 3 is 2.00 bits per heavy atom. The van der Waals surface area contributed by atoms with Gasteiger partial charge >= 0.3 is 0 Å². The number of halogens is 1. The van der Waals surface area contributed by atoms with Crippen LogP contribution in [0.5, 0.6) is 0 Å². The summed E-state index contributed by atoms with van der Waals surface area (Å²) >= 11 is 0. The lowest BCUT2D eigenvalue weighted by molar-refractivity contribution is 0.0927. The van der Waals surface area contributed by atoms with Crippen LogP contribution in [0.2, 0.25) is 0 Å². The SMILES string of the molecule is Cl.NCc1ccc(C(=O)Nc2ccc(C(=O)NC3CCCCC3)cc2)cc1. The number of nitrogens with two attached hydrogens (primary N) is 1. The van der Waals surface area contributed by atoms with Gasteiger partial charge in [-0.1, -0.05) is 31.4 Å². The van der Waals surface area contributed by atoms with Crippen LogP contribution in [0.3, 0.4) is 0 Å². The molecule has 0 aliphatic heterocycles. The zero-order valence-electron chi connectivity index (χ0n) is 15.2. The monoisotopic (exact) mass is 387 g/mol. The van der Waals surface area contributed by atoms with E-state index in [1.165, 1.54) is 19.3 Å². The molecule has 0 radical (unpaired) electrons. The van der Waals surface area contributed by atoms with Gasteiger partial charge in [0, 0.05) is 29.4 Å². The van der Waals surface area contributed by atoms with Crippen molar-refractivity contribution in [2.45, 2.75) is 44.7 Å². The molecule has 0 atom stereocenters. The Bertz CT molecular complexity index is 754. The Hall–Kier alpha value is -2.37. The van der Waals surface area contributed by atoms with E-state index in [0.717, 1.165) is 18.4 Å². The summed E-state index contributed by atoms with van der Waals surface area (Å²) in [6.07, 6.45) is 5.74. The summed E-state index contributed by atoms with van der Waals surface area (Å²) in [7, 11) is 0. The van der Waals surface area contributed by atoms with E-state index in [2.05, 4.69) is 10.6 Å².